The van der Waals surface area contributed by atoms with Gasteiger partial charge < -0.3 is 29.6 Å². The number of rotatable bonds is 8. The van der Waals surface area contributed by atoms with E-state index >= 15 is 0 Å². The molecule has 2 N–H and O–H groups in total. The number of benzene rings is 2. The van der Waals surface area contributed by atoms with Crippen LogP contribution in [0.15, 0.2) is 36.4 Å². The summed E-state index contributed by atoms with van der Waals surface area (Å²) in [6.07, 6.45) is 0.424. The second kappa shape index (κ2) is 11.0. The highest BCUT2D eigenvalue weighted by Crippen LogP contribution is 2.40. The normalized spacial score (nSPS) is 15.5. The summed E-state index contributed by atoms with van der Waals surface area (Å²) < 4.78 is 21.9. The van der Waals surface area contributed by atoms with Crippen LogP contribution in [-0.2, 0) is 16.1 Å². The van der Waals surface area contributed by atoms with Gasteiger partial charge in [-0.3, -0.25) is 14.5 Å². The molecule has 2 aromatic carbocycles. The van der Waals surface area contributed by atoms with Gasteiger partial charge in [0.25, 0.3) is 5.91 Å². The third kappa shape index (κ3) is 6.15. The van der Waals surface area contributed by atoms with E-state index in [1.54, 1.807) is 12.1 Å². The van der Waals surface area contributed by atoms with Crippen LogP contribution in [0.2, 0.25) is 0 Å². The minimum absolute atomic E-state index is 0.0361. The summed E-state index contributed by atoms with van der Waals surface area (Å²) >= 11 is 0. The van der Waals surface area contributed by atoms with Crippen LogP contribution in [0.5, 0.6) is 17.2 Å². The Bertz CT molecular complexity index is 973. The molecule has 1 saturated heterocycles. The lowest BCUT2D eigenvalue weighted by molar-refractivity contribution is -0.116. The van der Waals surface area contributed by atoms with Crippen molar-refractivity contribution in [1.82, 2.24) is 10.2 Å². The number of hydrogen-bond donors (Lipinski definition) is 2. The summed E-state index contributed by atoms with van der Waals surface area (Å²) in [6.45, 7) is 5.04. The zero-order valence-electron chi connectivity index (χ0n) is 18.7. The largest absolute Gasteiger partial charge is 0.493 e. The third-order valence-corrected chi connectivity index (χ3v) is 5.51. The molecule has 2 aliphatic rings. The van der Waals surface area contributed by atoms with E-state index in [1.165, 1.54) is 7.11 Å². The zero-order chi connectivity index (χ0) is 23.0. The first-order chi connectivity index (χ1) is 16.1. The zero-order valence-corrected chi connectivity index (χ0v) is 18.7. The predicted molar refractivity (Wildman–Crippen MR) is 122 cm³/mol. The molecule has 9 nitrogen and oxygen atoms in total. The number of ether oxygens (including phenoxy) is 4. The van der Waals surface area contributed by atoms with E-state index in [2.05, 4.69) is 15.5 Å². The van der Waals surface area contributed by atoms with Crippen LogP contribution in [-0.4, -0.2) is 69.9 Å². The van der Waals surface area contributed by atoms with Crippen LogP contribution >= 0.6 is 0 Å². The molecule has 33 heavy (non-hydrogen) atoms. The maximum Gasteiger partial charge on any atom is 0.251 e. The first-order valence-electron chi connectivity index (χ1n) is 11.1. The van der Waals surface area contributed by atoms with Crippen LogP contribution < -0.4 is 24.8 Å². The van der Waals surface area contributed by atoms with E-state index in [4.69, 9.17) is 18.9 Å². The van der Waals surface area contributed by atoms with E-state index in [0.717, 1.165) is 18.7 Å². The number of nitrogens with one attached hydrogen (secondary N) is 2. The van der Waals surface area contributed by atoms with Crippen molar-refractivity contribution in [1.29, 1.82) is 0 Å². The quantitative estimate of drug-likeness (QED) is 0.629. The van der Waals surface area contributed by atoms with E-state index in [1.807, 2.05) is 24.3 Å². The lowest BCUT2D eigenvalue weighted by atomic mass is 10.1. The number of carbonyl (C=O) groups is 2. The molecule has 4 rings (SSSR count). The van der Waals surface area contributed by atoms with E-state index in [0.29, 0.717) is 74.4 Å². The van der Waals surface area contributed by atoms with Crippen molar-refractivity contribution < 1.29 is 28.5 Å². The van der Waals surface area contributed by atoms with E-state index in [-0.39, 0.29) is 11.8 Å². The van der Waals surface area contributed by atoms with Crippen molar-refractivity contribution in [3.05, 3.63) is 47.5 Å². The fraction of sp³-hybridized carbons (Fsp3) is 0.417. The van der Waals surface area contributed by atoms with Crippen LogP contribution in [0.3, 0.4) is 0 Å². The van der Waals surface area contributed by atoms with Crippen molar-refractivity contribution >= 4 is 17.5 Å². The molecule has 1 fully saturated rings. The molecule has 0 saturated carbocycles. The van der Waals surface area contributed by atoms with Crippen molar-refractivity contribution in [3.63, 3.8) is 0 Å². The molecule has 0 unspecified atom stereocenters. The molecule has 2 heterocycles. The number of fused-ring (bicyclic) bond motifs is 1. The topological polar surface area (TPSA) is 98.4 Å². The summed E-state index contributed by atoms with van der Waals surface area (Å²) in [5.74, 6) is 1.17. The van der Waals surface area contributed by atoms with Gasteiger partial charge in [0.05, 0.1) is 20.3 Å². The van der Waals surface area contributed by atoms with Gasteiger partial charge in [0.1, 0.15) is 13.2 Å². The second-order valence-electron chi connectivity index (χ2n) is 7.84. The predicted octanol–water partition coefficient (Wildman–Crippen LogP) is 2.06. The molecular formula is C24H29N3O6. The number of nitrogens with zero attached hydrogens (tertiary/aromatic N) is 1. The van der Waals surface area contributed by atoms with Crippen molar-refractivity contribution in [3.8, 4) is 17.2 Å². The van der Waals surface area contributed by atoms with E-state index < -0.39 is 0 Å². The highest BCUT2D eigenvalue weighted by molar-refractivity contribution is 5.95. The number of methoxy groups -OCH3 is 1. The van der Waals surface area contributed by atoms with Crippen LogP contribution in [0.25, 0.3) is 0 Å². The van der Waals surface area contributed by atoms with Crippen LogP contribution in [0.1, 0.15) is 22.3 Å². The fourth-order valence-corrected chi connectivity index (χ4v) is 3.76. The smallest absolute Gasteiger partial charge is 0.251 e. The number of morpholine rings is 1. The van der Waals surface area contributed by atoms with Gasteiger partial charge in [-0.1, -0.05) is 12.1 Å². The molecule has 0 aromatic heterocycles. The Labute approximate surface area is 192 Å². The fourth-order valence-electron chi connectivity index (χ4n) is 3.76. The lowest BCUT2D eigenvalue weighted by Crippen LogP contribution is -2.38. The molecule has 2 aromatic rings. The van der Waals surface area contributed by atoms with Gasteiger partial charge in [-0.05, 0) is 29.8 Å². The monoisotopic (exact) mass is 455 g/mol. The lowest BCUT2D eigenvalue weighted by Gasteiger charge is -2.26. The molecule has 9 heteroatoms. The van der Waals surface area contributed by atoms with Gasteiger partial charge in [0, 0.05) is 43.9 Å². The average molecular weight is 456 g/mol. The van der Waals surface area contributed by atoms with Gasteiger partial charge in [-0.25, -0.2) is 0 Å². The first-order valence-corrected chi connectivity index (χ1v) is 11.1. The summed E-state index contributed by atoms with van der Waals surface area (Å²) in [6, 6.07) is 10.7. The maximum absolute atomic E-state index is 12.7. The Morgan fingerprint density at radius 1 is 1.06 bits per heavy atom. The second-order valence-corrected chi connectivity index (χ2v) is 7.84. The number of hydrogen-bond acceptors (Lipinski definition) is 7. The molecule has 176 valence electrons. The molecule has 0 atom stereocenters. The van der Waals surface area contributed by atoms with Crippen LogP contribution in [0, 0.1) is 0 Å². The van der Waals surface area contributed by atoms with Gasteiger partial charge in [-0.2, -0.15) is 0 Å². The Morgan fingerprint density at radius 3 is 2.70 bits per heavy atom. The molecule has 0 bridgehead atoms. The highest BCUT2D eigenvalue weighted by Gasteiger charge is 2.21. The van der Waals surface area contributed by atoms with Gasteiger partial charge in [0.2, 0.25) is 11.7 Å². The Kier molecular flexibility index (Phi) is 7.64. The summed E-state index contributed by atoms with van der Waals surface area (Å²) in [4.78, 5) is 27.3. The minimum Gasteiger partial charge on any atom is -0.493 e. The molecule has 2 aliphatic heterocycles. The Balaban J connectivity index is 1.31. The number of amides is 2. The molecule has 0 radical (unpaired) electrons. The third-order valence-electron chi connectivity index (χ3n) is 5.51. The maximum atomic E-state index is 12.7. The SMILES string of the molecule is COc1cc(C(=O)NCc2cccc(NC(=O)CCN3CCOCC3)c2)cc2c1OCCO2. The summed E-state index contributed by atoms with van der Waals surface area (Å²) in [7, 11) is 1.52. The molecule has 0 spiro atoms. The number of anilines is 1. The average Bonchev–Trinajstić information content (AvgIpc) is 2.86. The van der Waals surface area contributed by atoms with Crippen LogP contribution in [0.4, 0.5) is 5.69 Å². The minimum atomic E-state index is -0.259. The summed E-state index contributed by atoms with van der Waals surface area (Å²) in [5, 5.41) is 5.83. The van der Waals surface area contributed by atoms with Crippen molar-refractivity contribution in [2.75, 3.05) is 58.5 Å². The standard InChI is InChI=1S/C24H29N3O6/c1-30-20-14-18(15-21-23(20)33-12-11-32-21)24(29)25-16-17-3-2-4-19(13-17)26-22(28)5-6-27-7-9-31-10-8-27/h2-4,13-15H,5-12,16H2,1H3,(H,25,29)(H,26,28). The molecular weight excluding hydrogens is 426 g/mol. The summed E-state index contributed by atoms with van der Waals surface area (Å²) in [5.41, 5.74) is 2.00. The van der Waals surface area contributed by atoms with Crippen molar-refractivity contribution in [2.45, 2.75) is 13.0 Å². The van der Waals surface area contributed by atoms with Crippen molar-refractivity contribution in [2.24, 2.45) is 0 Å². The Hall–Kier alpha value is -3.30. The van der Waals surface area contributed by atoms with E-state index in [9.17, 15) is 9.59 Å². The van der Waals surface area contributed by atoms with Gasteiger partial charge >= 0.3 is 0 Å². The number of carbonyl (C=O) groups excluding carboxylic acids is 2. The molecule has 0 aliphatic carbocycles. The highest BCUT2D eigenvalue weighted by atomic mass is 16.6. The molecule has 2 amide bonds. The van der Waals surface area contributed by atoms with Gasteiger partial charge in [0.15, 0.2) is 11.5 Å². The Morgan fingerprint density at radius 2 is 1.88 bits per heavy atom. The first kappa shape index (κ1) is 22.9. The van der Waals surface area contributed by atoms with Gasteiger partial charge in [-0.15, -0.1) is 0 Å².